The number of rotatable bonds is 3. The molecule has 0 amide bonds. The number of anilines is 2. The first-order valence-electron chi connectivity index (χ1n) is 5.45. The zero-order valence-electron chi connectivity index (χ0n) is 9.24. The van der Waals surface area contributed by atoms with E-state index in [9.17, 15) is 0 Å². The van der Waals surface area contributed by atoms with Crippen LogP contribution in [-0.4, -0.2) is 23.7 Å². The molecule has 1 aromatic heterocycles. The van der Waals surface area contributed by atoms with Crippen LogP contribution in [0.15, 0.2) is 16.9 Å². The second kappa shape index (κ2) is 5.01. The Labute approximate surface area is 104 Å². The number of hydrogen-bond acceptors (Lipinski definition) is 4. The normalized spacial score (nSPS) is 22.0. The maximum atomic E-state index is 5.87. The second-order valence-corrected chi connectivity index (χ2v) is 4.92. The highest BCUT2D eigenvalue weighted by atomic mass is 79.9. The lowest BCUT2D eigenvalue weighted by Crippen LogP contribution is -2.30. The predicted octanol–water partition coefficient (Wildman–Crippen LogP) is 2.41. The van der Waals surface area contributed by atoms with Gasteiger partial charge in [-0.1, -0.05) is 0 Å². The van der Waals surface area contributed by atoms with Gasteiger partial charge in [-0.25, -0.2) is 0 Å². The highest BCUT2D eigenvalue weighted by molar-refractivity contribution is 9.10. The molecule has 3 N–H and O–H groups in total. The molecule has 0 radical (unpaired) electrons. The minimum atomic E-state index is 0.253. The van der Waals surface area contributed by atoms with Crippen LogP contribution in [0.1, 0.15) is 19.8 Å². The van der Waals surface area contributed by atoms with Crippen LogP contribution >= 0.6 is 15.9 Å². The molecule has 2 heterocycles. The van der Waals surface area contributed by atoms with E-state index in [2.05, 4.69) is 33.2 Å². The zero-order chi connectivity index (χ0) is 11.5. The van der Waals surface area contributed by atoms with Crippen molar-refractivity contribution in [2.75, 3.05) is 17.7 Å². The van der Waals surface area contributed by atoms with Gasteiger partial charge in [-0.3, -0.25) is 4.98 Å². The van der Waals surface area contributed by atoms with Crippen LogP contribution in [0.25, 0.3) is 0 Å². The first-order chi connectivity index (χ1) is 7.68. The van der Waals surface area contributed by atoms with E-state index < -0.39 is 0 Å². The number of aromatic nitrogens is 1. The Morgan fingerprint density at radius 2 is 2.44 bits per heavy atom. The SMILES string of the molecule is CC(Nc1c(N)cncc1Br)C1CCCO1. The van der Waals surface area contributed by atoms with Gasteiger partial charge in [0.05, 0.1) is 28.1 Å². The predicted molar refractivity (Wildman–Crippen MR) is 68.4 cm³/mol. The van der Waals surface area contributed by atoms with Crippen molar-refractivity contribution < 1.29 is 4.74 Å². The molecule has 16 heavy (non-hydrogen) atoms. The summed E-state index contributed by atoms with van der Waals surface area (Å²) in [5.41, 5.74) is 7.43. The summed E-state index contributed by atoms with van der Waals surface area (Å²) in [6.45, 7) is 2.98. The molecule has 0 aromatic carbocycles. The van der Waals surface area contributed by atoms with Crippen LogP contribution in [0, 0.1) is 0 Å². The lowest BCUT2D eigenvalue weighted by Gasteiger charge is -2.22. The lowest BCUT2D eigenvalue weighted by molar-refractivity contribution is 0.0996. The Hall–Kier alpha value is -0.810. The van der Waals surface area contributed by atoms with E-state index in [1.807, 2.05) is 0 Å². The van der Waals surface area contributed by atoms with Crippen molar-refractivity contribution in [3.05, 3.63) is 16.9 Å². The Balaban J connectivity index is 2.07. The van der Waals surface area contributed by atoms with Crippen molar-refractivity contribution in [2.24, 2.45) is 0 Å². The third kappa shape index (κ3) is 2.47. The van der Waals surface area contributed by atoms with Crippen molar-refractivity contribution in [1.29, 1.82) is 0 Å². The fraction of sp³-hybridized carbons (Fsp3) is 0.545. The number of hydrogen-bond donors (Lipinski definition) is 2. The van der Waals surface area contributed by atoms with Crippen LogP contribution < -0.4 is 11.1 Å². The summed E-state index contributed by atoms with van der Waals surface area (Å²) in [5, 5.41) is 3.38. The van der Waals surface area contributed by atoms with Gasteiger partial charge in [0, 0.05) is 18.8 Å². The summed E-state index contributed by atoms with van der Waals surface area (Å²) >= 11 is 3.44. The van der Waals surface area contributed by atoms with Gasteiger partial charge < -0.3 is 15.8 Å². The fourth-order valence-electron chi connectivity index (χ4n) is 1.92. The molecule has 1 fully saturated rings. The van der Waals surface area contributed by atoms with Crippen LogP contribution in [0.2, 0.25) is 0 Å². The maximum Gasteiger partial charge on any atom is 0.0774 e. The summed E-state index contributed by atoms with van der Waals surface area (Å²) in [4.78, 5) is 4.01. The standard InChI is InChI=1S/C11H16BrN3O/c1-7(10-3-2-4-16-10)15-11-8(12)5-14-6-9(11)13/h5-7,10H,2-4,13H2,1H3,(H,14,15). The molecule has 0 saturated carbocycles. The highest BCUT2D eigenvalue weighted by Gasteiger charge is 2.23. The zero-order valence-corrected chi connectivity index (χ0v) is 10.8. The average Bonchev–Trinajstić information content (AvgIpc) is 2.76. The van der Waals surface area contributed by atoms with Gasteiger partial charge in [-0.15, -0.1) is 0 Å². The summed E-state index contributed by atoms with van der Waals surface area (Å²) in [6, 6.07) is 0.253. The van der Waals surface area contributed by atoms with Crippen LogP contribution in [-0.2, 0) is 4.74 Å². The number of nitrogen functional groups attached to an aromatic ring is 1. The van der Waals surface area contributed by atoms with Gasteiger partial charge in [0.25, 0.3) is 0 Å². The fourth-order valence-corrected chi connectivity index (χ4v) is 2.38. The maximum absolute atomic E-state index is 5.87. The van der Waals surface area contributed by atoms with Gasteiger partial charge in [-0.2, -0.15) is 0 Å². The van der Waals surface area contributed by atoms with Crippen molar-refractivity contribution in [3.8, 4) is 0 Å². The third-order valence-electron chi connectivity index (χ3n) is 2.82. The van der Waals surface area contributed by atoms with E-state index in [1.54, 1.807) is 12.4 Å². The van der Waals surface area contributed by atoms with E-state index in [0.717, 1.165) is 29.6 Å². The molecule has 2 unspecified atom stereocenters. The van der Waals surface area contributed by atoms with Gasteiger partial charge in [0.15, 0.2) is 0 Å². The molecule has 1 saturated heterocycles. The molecule has 4 nitrogen and oxygen atoms in total. The van der Waals surface area contributed by atoms with Gasteiger partial charge in [-0.05, 0) is 35.7 Å². The van der Waals surface area contributed by atoms with Crippen LogP contribution in [0.3, 0.4) is 0 Å². The molecule has 1 aliphatic rings. The summed E-state index contributed by atoms with van der Waals surface area (Å²) in [5.74, 6) is 0. The Morgan fingerprint density at radius 1 is 1.62 bits per heavy atom. The molecule has 0 bridgehead atoms. The molecular weight excluding hydrogens is 270 g/mol. The van der Waals surface area contributed by atoms with Gasteiger partial charge in [0.2, 0.25) is 0 Å². The highest BCUT2D eigenvalue weighted by Crippen LogP contribution is 2.29. The molecule has 88 valence electrons. The topological polar surface area (TPSA) is 60.2 Å². The lowest BCUT2D eigenvalue weighted by atomic mass is 10.1. The number of nitrogens with zero attached hydrogens (tertiary/aromatic N) is 1. The van der Waals surface area contributed by atoms with E-state index in [0.29, 0.717) is 5.69 Å². The monoisotopic (exact) mass is 285 g/mol. The Morgan fingerprint density at radius 3 is 3.06 bits per heavy atom. The smallest absolute Gasteiger partial charge is 0.0774 e. The first kappa shape index (κ1) is 11.7. The van der Waals surface area contributed by atoms with E-state index in [1.165, 1.54) is 0 Å². The van der Waals surface area contributed by atoms with E-state index >= 15 is 0 Å². The number of pyridine rings is 1. The van der Waals surface area contributed by atoms with Crippen LogP contribution in [0.5, 0.6) is 0 Å². The number of nitrogens with one attached hydrogen (secondary N) is 1. The Bertz CT molecular complexity index is 346. The van der Waals surface area contributed by atoms with E-state index in [4.69, 9.17) is 10.5 Å². The summed E-state index contributed by atoms with van der Waals surface area (Å²) in [6.07, 6.45) is 5.91. The quantitative estimate of drug-likeness (QED) is 0.895. The van der Waals surface area contributed by atoms with Crippen LogP contribution in [0.4, 0.5) is 11.4 Å². The van der Waals surface area contributed by atoms with Gasteiger partial charge in [0.1, 0.15) is 0 Å². The molecule has 1 aromatic rings. The molecular formula is C11H16BrN3O. The average molecular weight is 286 g/mol. The number of halogens is 1. The molecule has 2 rings (SSSR count). The van der Waals surface area contributed by atoms with Gasteiger partial charge >= 0.3 is 0 Å². The summed E-state index contributed by atoms with van der Waals surface area (Å²) in [7, 11) is 0. The molecule has 0 spiro atoms. The molecule has 0 aliphatic carbocycles. The number of ether oxygens (including phenoxy) is 1. The minimum absolute atomic E-state index is 0.253. The minimum Gasteiger partial charge on any atom is -0.396 e. The van der Waals surface area contributed by atoms with Crippen molar-refractivity contribution in [2.45, 2.75) is 31.9 Å². The molecule has 2 atom stereocenters. The van der Waals surface area contributed by atoms with E-state index in [-0.39, 0.29) is 12.1 Å². The van der Waals surface area contributed by atoms with Crippen molar-refractivity contribution in [1.82, 2.24) is 4.98 Å². The van der Waals surface area contributed by atoms with Crippen molar-refractivity contribution in [3.63, 3.8) is 0 Å². The van der Waals surface area contributed by atoms with Crippen molar-refractivity contribution >= 4 is 27.3 Å². The molecule has 5 heteroatoms. The third-order valence-corrected chi connectivity index (χ3v) is 3.42. The number of nitrogens with two attached hydrogens (primary N) is 1. The largest absolute Gasteiger partial charge is 0.396 e. The second-order valence-electron chi connectivity index (χ2n) is 4.07. The summed E-state index contributed by atoms with van der Waals surface area (Å²) < 4.78 is 6.52. The molecule has 1 aliphatic heterocycles. The first-order valence-corrected chi connectivity index (χ1v) is 6.25. The Kier molecular flexibility index (Phi) is 3.66.